The van der Waals surface area contributed by atoms with Gasteiger partial charge in [-0.25, -0.2) is 0 Å². The number of hydrogen-bond donors (Lipinski definition) is 1. The van der Waals surface area contributed by atoms with Gasteiger partial charge in [-0.2, -0.15) is 0 Å². The molecule has 0 saturated heterocycles. The summed E-state index contributed by atoms with van der Waals surface area (Å²) in [5.41, 5.74) is 1.20. The van der Waals surface area contributed by atoms with Gasteiger partial charge in [0.25, 0.3) is 0 Å². The summed E-state index contributed by atoms with van der Waals surface area (Å²) in [6, 6.07) is 10.5. The molecule has 0 spiro atoms. The van der Waals surface area contributed by atoms with Crippen LogP contribution >= 0.6 is 11.8 Å². The zero-order valence-corrected chi connectivity index (χ0v) is 11.6. The molecule has 0 aromatic heterocycles. The standard InChI is InChI=1S/C14H21NOS/c1-4-11(2)15-13(14(16)17-3)10-12-8-6-5-7-9-12/h5-9,11,13,15H,4,10H2,1-3H3. The molecule has 94 valence electrons. The molecule has 0 heterocycles. The summed E-state index contributed by atoms with van der Waals surface area (Å²) in [7, 11) is 0. The van der Waals surface area contributed by atoms with E-state index < -0.39 is 0 Å². The second kappa shape index (κ2) is 7.51. The highest BCUT2D eigenvalue weighted by atomic mass is 32.2. The second-order valence-corrected chi connectivity index (χ2v) is 5.05. The largest absolute Gasteiger partial charge is 0.304 e. The molecule has 1 aromatic carbocycles. The van der Waals surface area contributed by atoms with Crippen molar-refractivity contribution < 1.29 is 4.79 Å². The van der Waals surface area contributed by atoms with E-state index in [1.54, 1.807) is 0 Å². The SMILES string of the molecule is CCC(C)NC(Cc1ccccc1)C(=O)SC. The summed E-state index contributed by atoms with van der Waals surface area (Å²) in [4.78, 5) is 11.9. The maximum Gasteiger partial charge on any atom is 0.205 e. The summed E-state index contributed by atoms with van der Waals surface area (Å²) in [6.45, 7) is 4.24. The molecule has 0 amide bonds. The van der Waals surface area contributed by atoms with Crippen molar-refractivity contribution in [3.8, 4) is 0 Å². The van der Waals surface area contributed by atoms with Gasteiger partial charge in [0.2, 0.25) is 5.12 Å². The van der Waals surface area contributed by atoms with Crippen LogP contribution in [0.4, 0.5) is 0 Å². The molecule has 0 saturated carbocycles. The molecule has 2 unspecified atom stereocenters. The normalized spacial score (nSPS) is 14.3. The maximum atomic E-state index is 11.9. The third kappa shape index (κ3) is 4.92. The smallest absolute Gasteiger partial charge is 0.205 e. The van der Waals surface area contributed by atoms with E-state index in [2.05, 4.69) is 31.3 Å². The third-order valence-electron chi connectivity index (χ3n) is 2.87. The Morgan fingerprint density at radius 1 is 1.35 bits per heavy atom. The Hall–Kier alpha value is -0.800. The molecule has 1 aromatic rings. The molecule has 2 nitrogen and oxygen atoms in total. The van der Waals surface area contributed by atoms with Crippen LogP contribution in [0.25, 0.3) is 0 Å². The molecule has 0 aliphatic heterocycles. The number of nitrogens with one attached hydrogen (secondary N) is 1. The lowest BCUT2D eigenvalue weighted by atomic mass is 10.1. The molecule has 2 atom stereocenters. The minimum Gasteiger partial charge on any atom is -0.304 e. The van der Waals surface area contributed by atoms with Crippen molar-refractivity contribution in [2.75, 3.05) is 6.26 Å². The van der Waals surface area contributed by atoms with Crippen LogP contribution in [0, 0.1) is 0 Å². The minimum atomic E-state index is -0.0812. The van der Waals surface area contributed by atoms with Crippen molar-refractivity contribution in [1.82, 2.24) is 5.32 Å². The minimum absolute atomic E-state index is 0.0812. The molecule has 0 radical (unpaired) electrons. The predicted octanol–water partition coefficient (Wildman–Crippen LogP) is 2.88. The summed E-state index contributed by atoms with van der Waals surface area (Å²) < 4.78 is 0. The number of thioether (sulfide) groups is 1. The van der Waals surface area contributed by atoms with Crippen LogP contribution in [-0.2, 0) is 11.2 Å². The first-order chi connectivity index (χ1) is 8.17. The molecule has 0 fully saturated rings. The van der Waals surface area contributed by atoms with Gasteiger partial charge in [-0.1, -0.05) is 49.0 Å². The van der Waals surface area contributed by atoms with Crippen molar-refractivity contribution in [2.45, 2.75) is 38.8 Å². The average Bonchev–Trinajstić information content (AvgIpc) is 2.38. The van der Waals surface area contributed by atoms with Crippen molar-refractivity contribution >= 4 is 16.9 Å². The molecule has 0 aliphatic carbocycles. The van der Waals surface area contributed by atoms with Gasteiger partial charge in [-0.05, 0) is 31.6 Å². The van der Waals surface area contributed by atoms with E-state index in [1.807, 2.05) is 24.5 Å². The van der Waals surface area contributed by atoms with Crippen LogP contribution in [0.1, 0.15) is 25.8 Å². The lowest BCUT2D eigenvalue weighted by molar-refractivity contribution is -0.112. The topological polar surface area (TPSA) is 29.1 Å². The van der Waals surface area contributed by atoms with Crippen LogP contribution in [0.5, 0.6) is 0 Å². The van der Waals surface area contributed by atoms with E-state index in [9.17, 15) is 4.79 Å². The van der Waals surface area contributed by atoms with Crippen molar-refractivity contribution in [3.63, 3.8) is 0 Å². The molecule has 17 heavy (non-hydrogen) atoms. The summed E-state index contributed by atoms with van der Waals surface area (Å²) >= 11 is 1.30. The predicted molar refractivity (Wildman–Crippen MR) is 75.3 cm³/mol. The van der Waals surface area contributed by atoms with Crippen molar-refractivity contribution in [2.24, 2.45) is 0 Å². The molecule has 1 N–H and O–H groups in total. The lowest BCUT2D eigenvalue weighted by Crippen LogP contribution is -2.42. The van der Waals surface area contributed by atoms with E-state index in [-0.39, 0.29) is 11.2 Å². The number of rotatable bonds is 6. The maximum absolute atomic E-state index is 11.9. The zero-order chi connectivity index (χ0) is 12.7. The second-order valence-electron chi connectivity index (χ2n) is 4.24. The Labute approximate surface area is 108 Å². The van der Waals surface area contributed by atoms with E-state index >= 15 is 0 Å². The van der Waals surface area contributed by atoms with Gasteiger partial charge in [0.15, 0.2) is 0 Å². The fraction of sp³-hybridized carbons (Fsp3) is 0.500. The monoisotopic (exact) mass is 251 g/mol. The van der Waals surface area contributed by atoms with Crippen LogP contribution in [0.3, 0.4) is 0 Å². The summed E-state index contributed by atoms with van der Waals surface area (Å²) in [5.74, 6) is 0. The van der Waals surface area contributed by atoms with Crippen LogP contribution in [0.2, 0.25) is 0 Å². The Bertz CT molecular complexity index is 339. The summed E-state index contributed by atoms with van der Waals surface area (Å²) in [5, 5.41) is 3.61. The molecule has 1 rings (SSSR count). The Kier molecular flexibility index (Phi) is 6.30. The van der Waals surface area contributed by atoms with Gasteiger partial charge in [0.05, 0.1) is 6.04 Å². The number of carbonyl (C=O) groups is 1. The molecule has 3 heteroatoms. The molecule has 0 bridgehead atoms. The Balaban J connectivity index is 2.67. The first kappa shape index (κ1) is 14.3. The number of carbonyl (C=O) groups excluding carboxylic acids is 1. The fourth-order valence-electron chi connectivity index (χ4n) is 1.66. The van der Waals surface area contributed by atoms with Crippen molar-refractivity contribution in [3.05, 3.63) is 35.9 Å². The van der Waals surface area contributed by atoms with Crippen LogP contribution in [-0.4, -0.2) is 23.5 Å². The van der Waals surface area contributed by atoms with Crippen LogP contribution < -0.4 is 5.32 Å². The summed E-state index contributed by atoms with van der Waals surface area (Å²) in [6.07, 6.45) is 3.65. The number of hydrogen-bond acceptors (Lipinski definition) is 3. The third-order valence-corrected chi connectivity index (χ3v) is 3.55. The lowest BCUT2D eigenvalue weighted by Gasteiger charge is -2.20. The van der Waals surface area contributed by atoms with Gasteiger partial charge < -0.3 is 5.32 Å². The van der Waals surface area contributed by atoms with E-state index in [1.165, 1.54) is 17.3 Å². The quantitative estimate of drug-likeness (QED) is 0.843. The fourth-order valence-corrected chi connectivity index (χ4v) is 2.10. The van der Waals surface area contributed by atoms with Crippen LogP contribution in [0.15, 0.2) is 30.3 Å². The van der Waals surface area contributed by atoms with Gasteiger partial charge in [0, 0.05) is 6.04 Å². The van der Waals surface area contributed by atoms with Gasteiger partial charge in [-0.15, -0.1) is 0 Å². The highest BCUT2D eigenvalue weighted by Gasteiger charge is 2.19. The zero-order valence-electron chi connectivity index (χ0n) is 10.8. The highest BCUT2D eigenvalue weighted by Crippen LogP contribution is 2.10. The van der Waals surface area contributed by atoms with Gasteiger partial charge in [0.1, 0.15) is 0 Å². The molecular weight excluding hydrogens is 230 g/mol. The van der Waals surface area contributed by atoms with E-state index in [4.69, 9.17) is 0 Å². The van der Waals surface area contributed by atoms with Gasteiger partial charge >= 0.3 is 0 Å². The molecule has 0 aliphatic rings. The highest BCUT2D eigenvalue weighted by molar-refractivity contribution is 8.13. The van der Waals surface area contributed by atoms with Crippen molar-refractivity contribution in [1.29, 1.82) is 0 Å². The Morgan fingerprint density at radius 2 is 2.00 bits per heavy atom. The number of benzene rings is 1. The van der Waals surface area contributed by atoms with Gasteiger partial charge in [-0.3, -0.25) is 4.79 Å². The van der Waals surface area contributed by atoms with E-state index in [0.717, 1.165) is 12.8 Å². The molecular formula is C14H21NOS. The first-order valence-corrected chi connectivity index (χ1v) is 7.27. The average molecular weight is 251 g/mol. The van der Waals surface area contributed by atoms with E-state index in [0.29, 0.717) is 6.04 Å². The Morgan fingerprint density at radius 3 is 2.53 bits per heavy atom. The first-order valence-electron chi connectivity index (χ1n) is 6.05.